The summed E-state index contributed by atoms with van der Waals surface area (Å²) in [5.41, 5.74) is 0.584. The van der Waals surface area contributed by atoms with Gasteiger partial charge in [-0.05, 0) is 22.6 Å². The van der Waals surface area contributed by atoms with Crippen LogP contribution in [0.2, 0.25) is 0 Å². The van der Waals surface area contributed by atoms with E-state index in [4.69, 9.17) is 18.9 Å². The molecule has 0 spiro atoms. The number of aromatic nitrogens is 4. The summed E-state index contributed by atoms with van der Waals surface area (Å²) in [6.07, 6.45) is -1.69. The number of benzene rings is 1. The van der Waals surface area contributed by atoms with Gasteiger partial charge in [0.05, 0.1) is 20.3 Å². The van der Waals surface area contributed by atoms with Gasteiger partial charge < -0.3 is 18.9 Å². The molecule has 0 bridgehead atoms. The fourth-order valence-electron chi connectivity index (χ4n) is 3.56. The van der Waals surface area contributed by atoms with Crippen molar-refractivity contribution in [3.63, 3.8) is 0 Å². The van der Waals surface area contributed by atoms with Gasteiger partial charge in [-0.1, -0.05) is 19.9 Å². The van der Waals surface area contributed by atoms with Gasteiger partial charge in [-0.3, -0.25) is 5.32 Å². The number of nitrogens with zero attached hydrogens (tertiary/aromatic N) is 4. The maximum Gasteiger partial charge on any atom is 0.412 e. The van der Waals surface area contributed by atoms with Crippen molar-refractivity contribution in [3.05, 3.63) is 30.1 Å². The highest BCUT2D eigenvalue weighted by Gasteiger charge is 2.51. The Kier molecular flexibility index (Phi) is 5.14. The van der Waals surface area contributed by atoms with E-state index in [1.54, 1.807) is 36.1 Å². The quantitative estimate of drug-likeness (QED) is 0.824. The van der Waals surface area contributed by atoms with Crippen molar-refractivity contribution in [2.75, 3.05) is 25.6 Å². The highest BCUT2D eigenvalue weighted by atomic mass is 16.6. The van der Waals surface area contributed by atoms with Crippen molar-refractivity contribution in [2.45, 2.75) is 44.1 Å². The number of anilines is 1. The van der Waals surface area contributed by atoms with Crippen LogP contribution in [0.4, 0.5) is 10.5 Å². The Balaban J connectivity index is 1.39. The highest BCUT2D eigenvalue weighted by Crippen LogP contribution is 2.36. The van der Waals surface area contributed by atoms with Crippen molar-refractivity contribution in [1.82, 2.24) is 20.2 Å². The van der Waals surface area contributed by atoms with Crippen LogP contribution in [0.5, 0.6) is 5.75 Å². The molecule has 0 radical (unpaired) electrons. The number of amides is 1. The minimum Gasteiger partial charge on any atom is -0.497 e. The molecular formula is C18H23N5O5. The number of methoxy groups -OCH3 is 1. The SMILES string of the molecule is COc1cccc(NC(=O)OC2COC3C2OCC3n2nnnc2C(C)C)c1. The van der Waals surface area contributed by atoms with Crippen LogP contribution < -0.4 is 10.1 Å². The summed E-state index contributed by atoms with van der Waals surface area (Å²) in [4.78, 5) is 12.3. The first-order chi connectivity index (χ1) is 13.6. The molecule has 4 atom stereocenters. The largest absolute Gasteiger partial charge is 0.497 e. The maximum atomic E-state index is 12.3. The lowest BCUT2D eigenvalue weighted by atomic mass is 10.1. The smallest absolute Gasteiger partial charge is 0.412 e. The van der Waals surface area contributed by atoms with Gasteiger partial charge in [0, 0.05) is 17.7 Å². The molecule has 150 valence electrons. The van der Waals surface area contributed by atoms with Crippen LogP contribution in [0.1, 0.15) is 31.6 Å². The Labute approximate surface area is 162 Å². The summed E-state index contributed by atoms with van der Waals surface area (Å²) < 4.78 is 24.2. The Morgan fingerprint density at radius 1 is 1.29 bits per heavy atom. The molecule has 10 nitrogen and oxygen atoms in total. The van der Waals surface area contributed by atoms with E-state index >= 15 is 0 Å². The van der Waals surface area contributed by atoms with Crippen molar-refractivity contribution >= 4 is 11.8 Å². The number of carbonyl (C=O) groups is 1. The second-order valence-electron chi connectivity index (χ2n) is 7.10. The zero-order valence-electron chi connectivity index (χ0n) is 15.9. The molecule has 4 unspecified atom stereocenters. The predicted octanol–water partition coefficient (Wildman–Crippen LogP) is 1.76. The third kappa shape index (κ3) is 3.52. The van der Waals surface area contributed by atoms with Crippen LogP contribution in [0.3, 0.4) is 0 Å². The number of hydrogen-bond donors (Lipinski definition) is 1. The molecule has 0 saturated carbocycles. The first-order valence-corrected chi connectivity index (χ1v) is 9.19. The standard InChI is InChI=1S/C18H23N5O5/c1-10(2)17-20-21-22-23(17)13-8-26-16-14(9-27-15(13)16)28-18(24)19-11-5-4-6-12(7-11)25-3/h4-7,10,13-16H,8-9H2,1-3H3,(H,19,24). The van der Waals surface area contributed by atoms with Crippen LogP contribution in [0.15, 0.2) is 24.3 Å². The van der Waals surface area contributed by atoms with E-state index in [0.717, 1.165) is 5.82 Å². The summed E-state index contributed by atoms with van der Waals surface area (Å²) in [7, 11) is 1.57. The molecule has 3 heterocycles. The minimum absolute atomic E-state index is 0.146. The first-order valence-electron chi connectivity index (χ1n) is 9.19. The summed E-state index contributed by atoms with van der Waals surface area (Å²) in [6, 6.07) is 6.90. The zero-order chi connectivity index (χ0) is 19.7. The molecule has 2 aliphatic rings. The lowest BCUT2D eigenvalue weighted by Crippen LogP contribution is -2.35. The molecule has 1 amide bonds. The van der Waals surface area contributed by atoms with Crippen molar-refractivity contribution < 1.29 is 23.7 Å². The van der Waals surface area contributed by atoms with E-state index in [1.807, 2.05) is 13.8 Å². The lowest BCUT2D eigenvalue weighted by Gasteiger charge is -2.18. The third-order valence-electron chi connectivity index (χ3n) is 4.91. The molecule has 4 rings (SSSR count). The van der Waals surface area contributed by atoms with E-state index in [2.05, 4.69) is 20.8 Å². The molecule has 28 heavy (non-hydrogen) atoms. The van der Waals surface area contributed by atoms with E-state index < -0.39 is 12.2 Å². The lowest BCUT2D eigenvalue weighted by molar-refractivity contribution is 0.00763. The van der Waals surface area contributed by atoms with Gasteiger partial charge in [0.1, 0.15) is 24.0 Å². The van der Waals surface area contributed by atoms with Crippen LogP contribution in [0.25, 0.3) is 0 Å². The fourth-order valence-corrected chi connectivity index (χ4v) is 3.56. The summed E-state index contributed by atoms with van der Waals surface area (Å²) in [6.45, 7) is 4.72. The Morgan fingerprint density at radius 3 is 2.89 bits per heavy atom. The average molecular weight is 389 g/mol. The molecule has 10 heteroatoms. The second-order valence-corrected chi connectivity index (χ2v) is 7.10. The molecular weight excluding hydrogens is 366 g/mol. The van der Waals surface area contributed by atoms with Crippen LogP contribution in [0, 0.1) is 0 Å². The van der Waals surface area contributed by atoms with E-state index in [9.17, 15) is 4.79 Å². The number of tetrazole rings is 1. The molecule has 0 aliphatic carbocycles. The summed E-state index contributed by atoms with van der Waals surface area (Å²) >= 11 is 0. The van der Waals surface area contributed by atoms with Crippen molar-refractivity contribution in [3.8, 4) is 5.75 Å². The predicted molar refractivity (Wildman–Crippen MR) is 97.3 cm³/mol. The molecule has 1 aromatic heterocycles. The van der Waals surface area contributed by atoms with Gasteiger partial charge >= 0.3 is 6.09 Å². The van der Waals surface area contributed by atoms with Crippen LogP contribution in [-0.2, 0) is 14.2 Å². The molecule has 1 N–H and O–H groups in total. The molecule has 2 aromatic rings. The number of carbonyl (C=O) groups excluding carboxylic acids is 1. The highest BCUT2D eigenvalue weighted by molar-refractivity contribution is 5.85. The molecule has 2 aliphatic heterocycles. The zero-order valence-corrected chi connectivity index (χ0v) is 15.9. The van der Waals surface area contributed by atoms with Gasteiger partial charge in [-0.2, -0.15) is 0 Å². The minimum atomic E-state index is -0.570. The molecule has 2 fully saturated rings. The summed E-state index contributed by atoms with van der Waals surface area (Å²) in [5.74, 6) is 1.60. The van der Waals surface area contributed by atoms with Gasteiger partial charge in [-0.15, -0.1) is 5.10 Å². The topological polar surface area (TPSA) is 110 Å². The Hall–Kier alpha value is -2.72. The van der Waals surface area contributed by atoms with E-state index in [1.165, 1.54) is 0 Å². The monoisotopic (exact) mass is 389 g/mol. The van der Waals surface area contributed by atoms with Crippen molar-refractivity contribution in [1.29, 1.82) is 0 Å². The number of fused-ring (bicyclic) bond motifs is 1. The summed E-state index contributed by atoms with van der Waals surface area (Å²) in [5, 5.41) is 14.7. The van der Waals surface area contributed by atoms with E-state index in [0.29, 0.717) is 18.0 Å². The van der Waals surface area contributed by atoms with Crippen LogP contribution >= 0.6 is 0 Å². The normalized spacial score (nSPS) is 26.3. The van der Waals surface area contributed by atoms with Gasteiger partial charge in [0.2, 0.25) is 0 Å². The number of nitrogens with one attached hydrogen (secondary N) is 1. The number of ether oxygens (including phenoxy) is 4. The number of rotatable bonds is 5. The maximum absolute atomic E-state index is 12.3. The van der Waals surface area contributed by atoms with Gasteiger partial charge in [0.25, 0.3) is 0 Å². The Morgan fingerprint density at radius 2 is 2.11 bits per heavy atom. The van der Waals surface area contributed by atoms with E-state index in [-0.39, 0.29) is 30.8 Å². The van der Waals surface area contributed by atoms with Crippen molar-refractivity contribution in [2.24, 2.45) is 0 Å². The second kappa shape index (κ2) is 7.72. The van der Waals surface area contributed by atoms with Crippen LogP contribution in [-0.4, -0.2) is 64.9 Å². The third-order valence-corrected chi connectivity index (χ3v) is 4.91. The fraction of sp³-hybridized carbons (Fsp3) is 0.556. The average Bonchev–Trinajstić information content (AvgIpc) is 3.38. The Bertz CT molecular complexity index is 841. The molecule has 2 saturated heterocycles. The van der Waals surface area contributed by atoms with Gasteiger partial charge in [0.15, 0.2) is 11.9 Å². The number of hydrogen-bond acceptors (Lipinski definition) is 8. The first kappa shape index (κ1) is 18.6. The molecule has 1 aromatic carbocycles. The van der Waals surface area contributed by atoms with Gasteiger partial charge in [-0.25, -0.2) is 9.48 Å².